The number of hydrogen-bond donors (Lipinski definition) is 1. The number of nitrogens with one attached hydrogen (secondary N) is 1. The fourth-order valence-corrected chi connectivity index (χ4v) is 3.83. The molecule has 0 radical (unpaired) electrons. The van der Waals surface area contributed by atoms with Crippen LogP contribution in [0.15, 0.2) is 62.9 Å². The molecule has 132 valence electrons. The molecule has 1 N–H and O–H groups in total. The second-order valence-electron chi connectivity index (χ2n) is 7.40. The molecule has 0 aliphatic rings. The molecule has 0 saturated heterocycles. The predicted octanol–water partition coefficient (Wildman–Crippen LogP) is 5.26. The maximum absolute atomic E-state index is 11.9. The Bertz CT molecular complexity index is 1120. The Hall–Kier alpha value is -2.53. The first-order valence-corrected chi connectivity index (χ1v) is 9.53. The van der Waals surface area contributed by atoms with E-state index in [1.807, 2.05) is 36.4 Å². The molecule has 0 unspecified atom stereocenters. The van der Waals surface area contributed by atoms with E-state index >= 15 is 0 Å². The van der Waals surface area contributed by atoms with Gasteiger partial charge in [0.25, 0.3) is 0 Å². The summed E-state index contributed by atoms with van der Waals surface area (Å²) >= 11 is 1.59. The minimum atomic E-state index is -0.318. The first-order valence-electron chi connectivity index (χ1n) is 8.55. The third-order valence-electron chi connectivity index (χ3n) is 4.43. The van der Waals surface area contributed by atoms with Gasteiger partial charge >= 0.3 is 5.63 Å². The van der Waals surface area contributed by atoms with Crippen LogP contribution < -0.4 is 5.63 Å². The lowest BCUT2D eigenvalue weighted by atomic mass is 9.86. The number of fused-ring (bicyclic) bond motifs is 2. The van der Waals surface area contributed by atoms with Crippen LogP contribution in [0.4, 0.5) is 0 Å². The number of H-pyrrole nitrogens is 1. The monoisotopic (exact) mass is 364 g/mol. The van der Waals surface area contributed by atoms with Crippen LogP contribution >= 0.6 is 11.8 Å². The fourth-order valence-electron chi connectivity index (χ4n) is 2.96. The molecular formula is C21H20N2O2S. The quantitative estimate of drug-likeness (QED) is 0.398. The molecule has 0 fully saturated rings. The second-order valence-corrected chi connectivity index (χ2v) is 8.36. The third kappa shape index (κ3) is 3.27. The Labute approximate surface area is 155 Å². The first-order chi connectivity index (χ1) is 12.4. The number of hydrogen-bond acceptors (Lipinski definition) is 4. The van der Waals surface area contributed by atoms with Gasteiger partial charge < -0.3 is 9.40 Å². The zero-order valence-corrected chi connectivity index (χ0v) is 15.8. The van der Waals surface area contributed by atoms with Crippen LogP contribution in [0.1, 0.15) is 31.9 Å². The highest BCUT2D eigenvalue weighted by atomic mass is 32.2. The molecule has 0 aliphatic carbocycles. The number of aromatic amines is 1. The van der Waals surface area contributed by atoms with E-state index in [9.17, 15) is 4.79 Å². The number of thioether (sulfide) groups is 1. The van der Waals surface area contributed by atoms with Gasteiger partial charge in [-0.2, -0.15) is 0 Å². The lowest BCUT2D eigenvalue weighted by Gasteiger charge is -2.19. The Morgan fingerprint density at radius 2 is 1.92 bits per heavy atom. The summed E-state index contributed by atoms with van der Waals surface area (Å²) in [6.45, 7) is 6.53. The van der Waals surface area contributed by atoms with E-state index in [-0.39, 0.29) is 11.0 Å². The summed E-state index contributed by atoms with van der Waals surface area (Å²) in [7, 11) is 0. The summed E-state index contributed by atoms with van der Waals surface area (Å²) in [5.41, 5.74) is 4.49. The zero-order valence-electron chi connectivity index (χ0n) is 15.0. The van der Waals surface area contributed by atoms with E-state index in [0.29, 0.717) is 11.3 Å². The zero-order chi connectivity index (χ0) is 18.3. The average Bonchev–Trinajstić information content (AvgIpc) is 3.01. The number of imidazole rings is 1. The normalized spacial score (nSPS) is 12.1. The molecule has 0 saturated carbocycles. The summed E-state index contributed by atoms with van der Waals surface area (Å²) in [5, 5.41) is 1.83. The van der Waals surface area contributed by atoms with Crippen molar-refractivity contribution in [1.82, 2.24) is 9.97 Å². The SMILES string of the molecule is CC(C)(C)c1ccc2oc(=O)cc(CSc3nc4ccccc4[nH]3)c2c1. The van der Waals surface area contributed by atoms with Gasteiger partial charge in [-0.3, -0.25) is 0 Å². The highest BCUT2D eigenvalue weighted by molar-refractivity contribution is 7.98. The molecule has 4 nitrogen and oxygen atoms in total. The minimum Gasteiger partial charge on any atom is -0.423 e. The standard InChI is InChI=1S/C21H20N2O2S/c1-21(2,3)14-8-9-18-15(11-14)13(10-19(24)25-18)12-26-20-22-16-6-4-5-7-17(16)23-20/h4-11H,12H2,1-3H3,(H,22,23). The molecule has 2 aromatic heterocycles. The number of nitrogens with zero attached hydrogens (tertiary/aromatic N) is 1. The molecule has 4 rings (SSSR count). The molecule has 0 spiro atoms. The topological polar surface area (TPSA) is 58.9 Å². The van der Waals surface area contributed by atoms with Gasteiger partial charge in [-0.15, -0.1) is 0 Å². The summed E-state index contributed by atoms with van der Waals surface area (Å²) in [6, 6.07) is 15.6. The maximum atomic E-state index is 11.9. The first kappa shape index (κ1) is 16.9. The second kappa shape index (κ2) is 6.32. The Morgan fingerprint density at radius 3 is 2.69 bits per heavy atom. The third-order valence-corrected chi connectivity index (χ3v) is 5.35. The lowest BCUT2D eigenvalue weighted by molar-refractivity contribution is 0.557. The van der Waals surface area contributed by atoms with Crippen molar-refractivity contribution in [1.29, 1.82) is 0 Å². The van der Waals surface area contributed by atoms with Crippen molar-refractivity contribution in [3.63, 3.8) is 0 Å². The molecule has 2 aromatic carbocycles. The minimum absolute atomic E-state index is 0.0352. The van der Waals surface area contributed by atoms with Gasteiger partial charge in [0.1, 0.15) is 5.58 Å². The summed E-state index contributed by atoms with van der Waals surface area (Å²) in [4.78, 5) is 19.8. The van der Waals surface area contributed by atoms with Gasteiger partial charge in [0.2, 0.25) is 0 Å². The summed E-state index contributed by atoms with van der Waals surface area (Å²) in [5.74, 6) is 0.648. The van der Waals surface area contributed by atoms with Crippen LogP contribution in [0.2, 0.25) is 0 Å². The summed E-state index contributed by atoms with van der Waals surface area (Å²) < 4.78 is 5.38. The van der Waals surface area contributed by atoms with Gasteiger partial charge in [-0.1, -0.05) is 50.7 Å². The van der Waals surface area contributed by atoms with E-state index in [4.69, 9.17) is 4.42 Å². The van der Waals surface area contributed by atoms with Crippen LogP contribution in [0.25, 0.3) is 22.0 Å². The van der Waals surface area contributed by atoms with Crippen LogP contribution in [0.3, 0.4) is 0 Å². The van der Waals surface area contributed by atoms with Gasteiger partial charge in [-0.25, -0.2) is 9.78 Å². The van der Waals surface area contributed by atoms with E-state index < -0.39 is 0 Å². The van der Waals surface area contributed by atoms with Crippen LogP contribution in [-0.2, 0) is 11.2 Å². The van der Waals surface area contributed by atoms with Crippen molar-refractivity contribution >= 4 is 33.8 Å². The lowest BCUT2D eigenvalue weighted by Crippen LogP contribution is -2.11. The van der Waals surface area contributed by atoms with E-state index in [2.05, 4.69) is 36.8 Å². The molecular weight excluding hydrogens is 344 g/mol. The van der Waals surface area contributed by atoms with Gasteiger partial charge in [0.15, 0.2) is 5.16 Å². The largest absolute Gasteiger partial charge is 0.423 e. The van der Waals surface area contributed by atoms with Crippen LogP contribution in [0, 0.1) is 0 Å². The smallest absolute Gasteiger partial charge is 0.336 e. The Kier molecular flexibility index (Phi) is 4.11. The van der Waals surface area contributed by atoms with Crippen molar-refractivity contribution in [2.75, 3.05) is 0 Å². The van der Waals surface area contributed by atoms with Crippen LogP contribution in [0.5, 0.6) is 0 Å². The molecule has 0 amide bonds. The van der Waals surface area contributed by atoms with E-state index in [1.165, 1.54) is 5.56 Å². The van der Waals surface area contributed by atoms with Crippen molar-refractivity contribution < 1.29 is 4.42 Å². The molecule has 4 aromatic rings. The molecule has 0 aliphatic heterocycles. The average molecular weight is 364 g/mol. The molecule has 26 heavy (non-hydrogen) atoms. The molecule has 5 heteroatoms. The number of rotatable bonds is 3. The number of para-hydroxylation sites is 2. The van der Waals surface area contributed by atoms with Crippen molar-refractivity contribution in [2.24, 2.45) is 0 Å². The number of aromatic nitrogens is 2. The van der Waals surface area contributed by atoms with Gasteiger partial charge in [0.05, 0.1) is 11.0 Å². The van der Waals surface area contributed by atoms with Gasteiger partial charge in [0, 0.05) is 17.2 Å². The Morgan fingerprint density at radius 1 is 1.12 bits per heavy atom. The van der Waals surface area contributed by atoms with E-state index in [0.717, 1.165) is 27.1 Å². The van der Waals surface area contributed by atoms with E-state index in [1.54, 1.807) is 17.8 Å². The number of benzene rings is 2. The Balaban J connectivity index is 1.71. The summed E-state index contributed by atoms with van der Waals surface area (Å²) in [6.07, 6.45) is 0. The fraction of sp³-hybridized carbons (Fsp3) is 0.238. The highest BCUT2D eigenvalue weighted by Crippen LogP contribution is 2.30. The molecule has 0 bridgehead atoms. The molecule has 2 heterocycles. The predicted molar refractivity (Wildman–Crippen MR) is 107 cm³/mol. The molecule has 0 atom stereocenters. The van der Waals surface area contributed by atoms with Crippen LogP contribution in [-0.4, -0.2) is 9.97 Å². The van der Waals surface area contributed by atoms with Crippen molar-refractivity contribution in [3.05, 3.63) is 70.1 Å². The van der Waals surface area contributed by atoms with Crippen molar-refractivity contribution in [2.45, 2.75) is 37.1 Å². The van der Waals surface area contributed by atoms with Crippen molar-refractivity contribution in [3.8, 4) is 0 Å². The maximum Gasteiger partial charge on any atom is 0.336 e. The van der Waals surface area contributed by atoms with Gasteiger partial charge in [-0.05, 0) is 40.8 Å². The highest BCUT2D eigenvalue weighted by Gasteiger charge is 2.16.